The molecule has 0 bridgehead atoms. The lowest BCUT2D eigenvalue weighted by atomic mass is 10.2. The Bertz CT molecular complexity index is 987. The highest BCUT2D eigenvalue weighted by Gasteiger charge is 2.12. The van der Waals surface area contributed by atoms with Crippen molar-refractivity contribution in [3.05, 3.63) is 64.5 Å². The standard InChI is InChI=1S/C19H18N2O3S/c1-3-24-17(22)12-21-15-10-9-13(2)11-16(15)25-19(21)20-18(23)14-7-5-4-6-8-14/h4-11H,3,12H2,1-2H3. The zero-order chi connectivity index (χ0) is 17.8. The minimum atomic E-state index is -0.351. The molecule has 128 valence electrons. The predicted molar refractivity (Wildman–Crippen MR) is 97.5 cm³/mol. The molecule has 2 aromatic carbocycles. The third kappa shape index (κ3) is 3.85. The molecule has 0 aliphatic rings. The summed E-state index contributed by atoms with van der Waals surface area (Å²) in [6, 6.07) is 14.8. The van der Waals surface area contributed by atoms with Crippen molar-refractivity contribution in [2.45, 2.75) is 20.4 Å². The van der Waals surface area contributed by atoms with Crippen molar-refractivity contribution < 1.29 is 14.3 Å². The van der Waals surface area contributed by atoms with Crippen LogP contribution in [0.2, 0.25) is 0 Å². The molecule has 0 aliphatic carbocycles. The average Bonchev–Trinajstić information content (AvgIpc) is 2.92. The first kappa shape index (κ1) is 17.1. The van der Waals surface area contributed by atoms with Gasteiger partial charge < -0.3 is 9.30 Å². The van der Waals surface area contributed by atoms with Crippen molar-refractivity contribution in [1.29, 1.82) is 0 Å². The van der Waals surface area contributed by atoms with Gasteiger partial charge in [0.2, 0.25) is 0 Å². The van der Waals surface area contributed by atoms with E-state index in [0.29, 0.717) is 17.0 Å². The summed E-state index contributed by atoms with van der Waals surface area (Å²) in [5.41, 5.74) is 2.49. The van der Waals surface area contributed by atoms with Crippen molar-refractivity contribution in [2.75, 3.05) is 6.61 Å². The molecule has 0 spiro atoms. The molecule has 6 heteroatoms. The van der Waals surface area contributed by atoms with Crippen LogP contribution in [0.25, 0.3) is 10.2 Å². The van der Waals surface area contributed by atoms with E-state index in [9.17, 15) is 9.59 Å². The fourth-order valence-electron chi connectivity index (χ4n) is 2.49. The van der Waals surface area contributed by atoms with E-state index in [1.807, 2.05) is 31.2 Å². The molecule has 3 aromatic rings. The lowest BCUT2D eigenvalue weighted by Crippen LogP contribution is -2.23. The number of rotatable bonds is 4. The van der Waals surface area contributed by atoms with Crippen LogP contribution in [0.15, 0.2) is 53.5 Å². The molecule has 0 saturated carbocycles. The zero-order valence-electron chi connectivity index (χ0n) is 14.1. The maximum absolute atomic E-state index is 12.4. The summed E-state index contributed by atoms with van der Waals surface area (Å²) in [6.45, 7) is 4.11. The molecule has 0 fully saturated rings. The molecule has 5 nitrogen and oxygen atoms in total. The quantitative estimate of drug-likeness (QED) is 0.675. The topological polar surface area (TPSA) is 60.7 Å². The molecule has 0 aliphatic heterocycles. The van der Waals surface area contributed by atoms with Gasteiger partial charge in [-0.3, -0.25) is 9.59 Å². The Labute approximate surface area is 149 Å². The molecule has 0 radical (unpaired) electrons. The summed E-state index contributed by atoms with van der Waals surface area (Å²) in [6.07, 6.45) is 0. The molecule has 0 unspecified atom stereocenters. The second-order valence-electron chi connectivity index (χ2n) is 5.53. The number of esters is 1. The Morgan fingerprint density at radius 1 is 1.16 bits per heavy atom. The lowest BCUT2D eigenvalue weighted by Gasteiger charge is -2.05. The van der Waals surface area contributed by atoms with Crippen LogP contribution >= 0.6 is 11.3 Å². The fraction of sp³-hybridized carbons (Fsp3) is 0.211. The largest absolute Gasteiger partial charge is 0.465 e. The Morgan fingerprint density at radius 3 is 2.64 bits per heavy atom. The first-order valence-corrected chi connectivity index (χ1v) is 8.80. The number of fused-ring (bicyclic) bond motifs is 1. The SMILES string of the molecule is CCOC(=O)Cn1c(=NC(=O)c2ccccc2)sc2cc(C)ccc21. The van der Waals surface area contributed by atoms with Gasteiger partial charge in [-0.1, -0.05) is 35.6 Å². The third-order valence-electron chi connectivity index (χ3n) is 3.65. The van der Waals surface area contributed by atoms with Crippen LogP contribution in [0, 0.1) is 6.92 Å². The number of aryl methyl sites for hydroxylation is 1. The molecule has 1 amide bonds. The van der Waals surface area contributed by atoms with Crippen molar-refractivity contribution in [3.8, 4) is 0 Å². The third-order valence-corrected chi connectivity index (χ3v) is 4.69. The van der Waals surface area contributed by atoms with Crippen molar-refractivity contribution in [3.63, 3.8) is 0 Å². The van der Waals surface area contributed by atoms with Gasteiger partial charge in [-0.25, -0.2) is 0 Å². The van der Waals surface area contributed by atoms with E-state index in [1.54, 1.807) is 35.8 Å². The first-order valence-electron chi connectivity index (χ1n) is 7.98. The summed E-state index contributed by atoms with van der Waals surface area (Å²) >= 11 is 1.39. The molecular formula is C19H18N2O3S. The van der Waals surface area contributed by atoms with E-state index in [0.717, 1.165) is 15.8 Å². The van der Waals surface area contributed by atoms with Gasteiger partial charge in [-0.15, -0.1) is 0 Å². The van der Waals surface area contributed by atoms with Crippen LogP contribution in [-0.4, -0.2) is 23.1 Å². The number of carbonyl (C=O) groups is 2. The fourth-order valence-corrected chi connectivity index (χ4v) is 3.61. The molecule has 0 saturated heterocycles. The Morgan fingerprint density at radius 2 is 1.92 bits per heavy atom. The smallest absolute Gasteiger partial charge is 0.326 e. The molecule has 0 N–H and O–H groups in total. The Balaban J connectivity index is 2.11. The van der Waals surface area contributed by atoms with Gasteiger partial charge in [0, 0.05) is 5.56 Å². The zero-order valence-corrected chi connectivity index (χ0v) is 14.9. The number of carbonyl (C=O) groups excluding carboxylic acids is 2. The van der Waals surface area contributed by atoms with Gasteiger partial charge in [0.15, 0.2) is 4.80 Å². The van der Waals surface area contributed by atoms with Gasteiger partial charge in [-0.2, -0.15) is 4.99 Å². The summed E-state index contributed by atoms with van der Waals surface area (Å²) in [7, 11) is 0. The lowest BCUT2D eigenvalue weighted by molar-refractivity contribution is -0.143. The predicted octanol–water partition coefficient (Wildman–Crippen LogP) is 3.32. The minimum absolute atomic E-state index is 0.0256. The van der Waals surface area contributed by atoms with Crippen molar-refractivity contribution in [2.24, 2.45) is 4.99 Å². The summed E-state index contributed by atoms with van der Waals surface area (Å²) in [4.78, 5) is 29.1. The average molecular weight is 354 g/mol. The van der Waals surface area contributed by atoms with Crippen LogP contribution in [0.4, 0.5) is 0 Å². The van der Waals surface area contributed by atoms with Gasteiger partial charge in [0.25, 0.3) is 5.91 Å². The molecule has 1 aromatic heterocycles. The van der Waals surface area contributed by atoms with Crippen LogP contribution in [0.5, 0.6) is 0 Å². The summed E-state index contributed by atoms with van der Waals surface area (Å²) in [5, 5.41) is 0. The number of benzene rings is 2. The summed E-state index contributed by atoms with van der Waals surface area (Å²) in [5.74, 6) is -0.683. The second kappa shape index (κ2) is 7.44. The van der Waals surface area contributed by atoms with E-state index in [1.165, 1.54) is 11.3 Å². The monoisotopic (exact) mass is 354 g/mol. The molecule has 0 atom stereocenters. The molecular weight excluding hydrogens is 336 g/mol. The number of amides is 1. The highest BCUT2D eigenvalue weighted by molar-refractivity contribution is 7.16. The van der Waals surface area contributed by atoms with Crippen LogP contribution in [0.1, 0.15) is 22.8 Å². The minimum Gasteiger partial charge on any atom is -0.465 e. The van der Waals surface area contributed by atoms with Gasteiger partial charge in [0.05, 0.1) is 16.8 Å². The number of thiazole rings is 1. The number of aromatic nitrogens is 1. The highest BCUT2D eigenvalue weighted by atomic mass is 32.1. The van der Waals surface area contributed by atoms with E-state index in [-0.39, 0.29) is 18.4 Å². The molecule has 25 heavy (non-hydrogen) atoms. The van der Waals surface area contributed by atoms with E-state index < -0.39 is 0 Å². The van der Waals surface area contributed by atoms with Gasteiger partial charge in [-0.05, 0) is 43.7 Å². The summed E-state index contributed by atoms with van der Waals surface area (Å²) < 4.78 is 7.76. The maximum Gasteiger partial charge on any atom is 0.326 e. The van der Waals surface area contributed by atoms with Crippen LogP contribution in [-0.2, 0) is 16.1 Å². The first-order chi connectivity index (χ1) is 12.1. The van der Waals surface area contributed by atoms with E-state index in [4.69, 9.17) is 4.74 Å². The Kier molecular flexibility index (Phi) is 5.09. The van der Waals surface area contributed by atoms with Gasteiger partial charge >= 0.3 is 5.97 Å². The maximum atomic E-state index is 12.4. The van der Waals surface area contributed by atoms with Gasteiger partial charge in [0.1, 0.15) is 6.54 Å². The van der Waals surface area contributed by atoms with E-state index >= 15 is 0 Å². The normalized spacial score (nSPS) is 11.7. The number of hydrogen-bond donors (Lipinski definition) is 0. The second-order valence-corrected chi connectivity index (χ2v) is 6.54. The Hall–Kier alpha value is -2.73. The number of nitrogens with zero attached hydrogens (tertiary/aromatic N) is 2. The van der Waals surface area contributed by atoms with Crippen molar-refractivity contribution >= 4 is 33.4 Å². The van der Waals surface area contributed by atoms with Crippen LogP contribution < -0.4 is 4.80 Å². The number of hydrogen-bond acceptors (Lipinski definition) is 4. The van der Waals surface area contributed by atoms with E-state index in [2.05, 4.69) is 4.99 Å². The van der Waals surface area contributed by atoms with Crippen molar-refractivity contribution in [1.82, 2.24) is 4.57 Å². The molecule has 3 rings (SSSR count). The number of ether oxygens (including phenoxy) is 1. The molecule has 1 heterocycles. The highest BCUT2D eigenvalue weighted by Crippen LogP contribution is 2.19. The van der Waals surface area contributed by atoms with Crippen LogP contribution in [0.3, 0.4) is 0 Å².